The highest BCUT2D eigenvalue weighted by Crippen LogP contribution is 2.38. The quantitative estimate of drug-likeness (QED) is 0.810. The normalized spacial score (nSPS) is 22.9. The van der Waals surface area contributed by atoms with Crippen LogP contribution >= 0.6 is 11.6 Å². The van der Waals surface area contributed by atoms with Gasteiger partial charge in [0.05, 0.1) is 17.7 Å². The number of aryl methyl sites for hydroxylation is 2. The van der Waals surface area contributed by atoms with Gasteiger partial charge in [-0.2, -0.15) is 5.10 Å². The van der Waals surface area contributed by atoms with Gasteiger partial charge in [-0.05, 0) is 26.7 Å². The summed E-state index contributed by atoms with van der Waals surface area (Å²) < 4.78 is 9.66. The Morgan fingerprint density at radius 3 is 2.74 bits per heavy atom. The summed E-state index contributed by atoms with van der Waals surface area (Å²) >= 11 is 6.06. The number of halogens is 1. The van der Waals surface area contributed by atoms with Crippen LogP contribution in [0.2, 0.25) is 0 Å². The maximum absolute atomic E-state index is 6.06. The summed E-state index contributed by atoms with van der Waals surface area (Å²) in [5, 5.41) is 4.54. The van der Waals surface area contributed by atoms with Crippen molar-refractivity contribution in [3.8, 4) is 0 Å². The van der Waals surface area contributed by atoms with E-state index in [0.29, 0.717) is 18.0 Å². The Labute approximate surface area is 117 Å². The standard InChI is InChI=1S/C13H19ClN4O/c1-4-17-13-12(8(2)16-17)15-11(7-14)18(13)9-5-10(6-9)19-3/h9-10H,4-7H2,1-3H3. The number of aromatic nitrogens is 4. The Bertz CT molecular complexity index is 597. The van der Waals surface area contributed by atoms with Crippen molar-refractivity contribution in [3.63, 3.8) is 0 Å². The smallest absolute Gasteiger partial charge is 0.159 e. The van der Waals surface area contributed by atoms with Crippen molar-refractivity contribution in [3.05, 3.63) is 11.5 Å². The SMILES string of the molecule is CCn1nc(C)c2nc(CCl)n(C3CC(OC)C3)c21. The molecule has 1 aliphatic carbocycles. The number of alkyl halides is 1. The van der Waals surface area contributed by atoms with E-state index < -0.39 is 0 Å². The summed E-state index contributed by atoms with van der Waals surface area (Å²) in [4.78, 5) is 4.66. The lowest BCUT2D eigenvalue weighted by molar-refractivity contribution is 0.00642. The van der Waals surface area contributed by atoms with E-state index in [2.05, 4.69) is 21.6 Å². The van der Waals surface area contributed by atoms with Gasteiger partial charge in [0.15, 0.2) is 5.65 Å². The molecule has 2 heterocycles. The van der Waals surface area contributed by atoms with Crippen LogP contribution in [0.3, 0.4) is 0 Å². The van der Waals surface area contributed by atoms with Crippen molar-refractivity contribution >= 4 is 22.8 Å². The molecule has 3 rings (SSSR count). The molecular formula is C13H19ClN4O. The first kappa shape index (κ1) is 12.9. The Balaban J connectivity index is 2.10. The van der Waals surface area contributed by atoms with E-state index in [1.54, 1.807) is 7.11 Å². The zero-order valence-electron chi connectivity index (χ0n) is 11.6. The molecule has 19 heavy (non-hydrogen) atoms. The van der Waals surface area contributed by atoms with Crippen LogP contribution < -0.4 is 0 Å². The fourth-order valence-corrected chi connectivity index (χ4v) is 3.06. The van der Waals surface area contributed by atoms with E-state index in [-0.39, 0.29) is 0 Å². The second-order valence-corrected chi connectivity index (χ2v) is 5.36. The lowest BCUT2D eigenvalue weighted by Crippen LogP contribution is -2.33. The summed E-state index contributed by atoms with van der Waals surface area (Å²) in [7, 11) is 1.77. The Hall–Kier alpha value is -1.07. The molecule has 0 amide bonds. The average molecular weight is 283 g/mol. The summed E-state index contributed by atoms with van der Waals surface area (Å²) in [6.45, 7) is 4.95. The van der Waals surface area contributed by atoms with Crippen LogP contribution in [0, 0.1) is 6.92 Å². The number of rotatable bonds is 4. The van der Waals surface area contributed by atoms with Gasteiger partial charge in [0, 0.05) is 19.7 Å². The predicted octanol–water partition coefficient (Wildman–Crippen LogP) is 2.65. The van der Waals surface area contributed by atoms with Crippen molar-refractivity contribution in [1.82, 2.24) is 19.3 Å². The van der Waals surface area contributed by atoms with Gasteiger partial charge in [-0.1, -0.05) is 0 Å². The minimum Gasteiger partial charge on any atom is -0.381 e. The molecule has 0 atom stereocenters. The van der Waals surface area contributed by atoms with Gasteiger partial charge in [0.2, 0.25) is 0 Å². The van der Waals surface area contributed by atoms with E-state index in [0.717, 1.165) is 42.1 Å². The zero-order chi connectivity index (χ0) is 13.6. The first-order chi connectivity index (χ1) is 9.19. The number of hydrogen-bond donors (Lipinski definition) is 0. The fraction of sp³-hybridized carbons (Fsp3) is 0.692. The summed E-state index contributed by atoms with van der Waals surface area (Å²) in [6.07, 6.45) is 2.42. The molecule has 0 unspecified atom stereocenters. The Morgan fingerprint density at radius 2 is 2.16 bits per heavy atom. The van der Waals surface area contributed by atoms with Crippen molar-refractivity contribution < 1.29 is 4.74 Å². The molecule has 104 valence electrons. The molecule has 0 aliphatic heterocycles. The minimum atomic E-state index is 0.365. The molecule has 5 nitrogen and oxygen atoms in total. The van der Waals surface area contributed by atoms with Crippen molar-refractivity contribution in [2.45, 2.75) is 51.3 Å². The van der Waals surface area contributed by atoms with Gasteiger partial charge in [-0.3, -0.25) is 0 Å². The number of methoxy groups -OCH3 is 1. The van der Waals surface area contributed by atoms with Crippen LogP contribution in [0.1, 0.15) is 37.3 Å². The fourth-order valence-electron chi connectivity index (χ4n) is 2.87. The zero-order valence-corrected chi connectivity index (χ0v) is 12.3. The summed E-state index contributed by atoms with van der Waals surface area (Å²) in [6, 6.07) is 0.435. The summed E-state index contributed by atoms with van der Waals surface area (Å²) in [5.41, 5.74) is 3.07. The molecule has 0 radical (unpaired) electrons. The molecule has 0 saturated heterocycles. The molecular weight excluding hydrogens is 264 g/mol. The van der Waals surface area contributed by atoms with Gasteiger partial charge in [0.25, 0.3) is 0 Å². The number of imidazole rings is 1. The highest BCUT2D eigenvalue weighted by molar-refractivity contribution is 6.16. The third-order valence-corrected chi connectivity index (χ3v) is 4.24. The maximum atomic E-state index is 6.06. The highest BCUT2D eigenvalue weighted by atomic mass is 35.5. The summed E-state index contributed by atoms with van der Waals surface area (Å²) in [5.74, 6) is 1.38. The molecule has 1 aliphatic rings. The van der Waals surface area contributed by atoms with E-state index in [1.165, 1.54) is 0 Å². The monoisotopic (exact) mass is 282 g/mol. The van der Waals surface area contributed by atoms with Gasteiger partial charge in [-0.25, -0.2) is 9.67 Å². The largest absolute Gasteiger partial charge is 0.381 e. The topological polar surface area (TPSA) is 44.9 Å². The van der Waals surface area contributed by atoms with Gasteiger partial charge in [-0.15, -0.1) is 11.6 Å². The van der Waals surface area contributed by atoms with Crippen LogP contribution in [0.5, 0.6) is 0 Å². The Morgan fingerprint density at radius 1 is 1.42 bits per heavy atom. The molecule has 0 aromatic carbocycles. The van der Waals surface area contributed by atoms with E-state index in [9.17, 15) is 0 Å². The van der Waals surface area contributed by atoms with Crippen LogP contribution in [0.15, 0.2) is 0 Å². The Kier molecular flexibility index (Phi) is 3.27. The predicted molar refractivity (Wildman–Crippen MR) is 74.6 cm³/mol. The van der Waals surface area contributed by atoms with E-state index in [4.69, 9.17) is 16.3 Å². The maximum Gasteiger partial charge on any atom is 0.159 e. The highest BCUT2D eigenvalue weighted by Gasteiger charge is 2.34. The lowest BCUT2D eigenvalue weighted by Gasteiger charge is -2.36. The third-order valence-electron chi connectivity index (χ3n) is 4.00. The first-order valence-electron chi connectivity index (χ1n) is 6.72. The molecule has 1 saturated carbocycles. The van der Waals surface area contributed by atoms with Crippen LogP contribution in [0.4, 0.5) is 0 Å². The van der Waals surface area contributed by atoms with Gasteiger partial charge < -0.3 is 9.30 Å². The molecule has 0 N–H and O–H groups in total. The number of hydrogen-bond acceptors (Lipinski definition) is 3. The second-order valence-electron chi connectivity index (χ2n) is 5.09. The number of fused-ring (bicyclic) bond motifs is 1. The molecule has 1 fully saturated rings. The number of ether oxygens (including phenoxy) is 1. The molecule has 0 bridgehead atoms. The van der Waals surface area contributed by atoms with Crippen LogP contribution in [0.25, 0.3) is 11.2 Å². The molecule has 0 spiro atoms. The lowest BCUT2D eigenvalue weighted by atomic mass is 9.89. The van der Waals surface area contributed by atoms with Gasteiger partial charge >= 0.3 is 0 Å². The van der Waals surface area contributed by atoms with Crippen molar-refractivity contribution in [2.24, 2.45) is 0 Å². The average Bonchev–Trinajstić information content (AvgIpc) is 2.87. The van der Waals surface area contributed by atoms with Crippen LogP contribution in [-0.4, -0.2) is 32.5 Å². The molecule has 2 aromatic rings. The van der Waals surface area contributed by atoms with E-state index >= 15 is 0 Å². The first-order valence-corrected chi connectivity index (χ1v) is 7.26. The van der Waals surface area contributed by atoms with Gasteiger partial charge in [0.1, 0.15) is 11.3 Å². The molecule has 2 aromatic heterocycles. The minimum absolute atomic E-state index is 0.365. The third kappa shape index (κ3) is 1.87. The number of nitrogens with zero attached hydrogens (tertiary/aromatic N) is 4. The van der Waals surface area contributed by atoms with Crippen molar-refractivity contribution in [1.29, 1.82) is 0 Å². The van der Waals surface area contributed by atoms with Crippen LogP contribution in [-0.2, 0) is 17.2 Å². The van der Waals surface area contributed by atoms with E-state index in [1.807, 2.05) is 11.6 Å². The molecule has 6 heteroatoms. The van der Waals surface area contributed by atoms with Crippen molar-refractivity contribution in [2.75, 3.05) is 7.11 Å². The second kappa shape index (κ2) is 4.80.